The van der Waals surface area contributed by atoms with E-state index in [0.717, 1.165) is 11.4 Å². The van der Waals surface area contributed by atoms with E-state index < -0.39 is 6.10 Å². The fraction of sp³-hybridized carbons (Fsp3) is 0.412. The fourth-order valence-electron chi connectivity index (χ4n) is 2.41. The molecule has 0 aliphatic rings. The molecular formula is C17H22ClN3O2. The Labute approximate surface area is 141 Å². The first-order valence-electron chi connectivity index (χ1n) is 7.62. The number of carbonyl (C=O) groups is 1. The monoisotopic (exact) mass is 335 g/mol. The second kappa shape index (κ2) is 7.15. The topological polar surface area (TPSA) is 58.4 Å². The summed E-state index contributed by atoms with van der Waals surface area (Å²) in [6, 6.07) is 9.07. The second-order valence-corrected chi connectivity index (χ2v) is 6.34. The van der Waals surface area contributed by atoms with E-state index in [1.807, 2.05) is 39.0 Å². The van der Waals surface area contributed by atoms with Crippen LogP contribution in [0.25, 0.3) is 5.69 Å². The first-order valence-corrected chi connectivity index (χ1v) is 7.99. The third-order valence-corrected chi connectivity index (χ3v) is 3.85. The van der Waals surface area contributed by atoms with Gasteiger partial charge in [0, 0.05) is 18.3 Å². The largest absolute Gasteiger partial charge is 0.392 e. The average molecular weight is 336 g/mol. The van der Waals surface area contributed by atoms with Gasteiger partial charge in [0.2, 0.25) is 0 Å². The number of amides is 1. The molecule has 6 heteroatoms. The number of hydrogen-bond acceptors (Lipinski definition) is 3. The number of rotatable bonds is 5. The fourth-order valence-corrected chi connectivity index (χ4v) is 2.62. The molecule has 1 amide bonds. The van der Waals surface area contributed by atoms with Crippen molar-refractivity contribution >= 4 is 17.5 Å². The molecule has 2 aromatic rings. The van der Waals surface area contributed by atoms with E-state index >= 15 is 0 Å². The number of nitrogens with zero attached hydrogens (tertiary/aromatic N) is 3. The molecular weight excluding hydrogens is 314 g/mol. The minimum Gasteiger partial charge on any atom is -0.392 e. The average Bonchev–Trinajstić information content (AvgIpc) is 2.86. The molecule has 1 N–H and O–H groups in total. The van der Waals surface area contributed by atoms with Gasteiger partial charge in [0.25, 0.3) is 5.91 Å². The Morgan fingerprint density at radius 3 is 2.57 bits per heavy atom. The lowest BCUT2D eigenvalue weighted by Gasteiger charge is -2.27. The standard InChI is InChI=1S/C17H22ClN3O2/c1-11(2)20(10-13(4)22)17(23)15-9-12(3)21(19-15)16-8-6-5-7-14(16)18/h5-9,11,13,22H,10H2,1-4H3. The van der Waals surface area contributed by atoms with E-state index in [1.165, 1.54) is 0 Å². The molecule has 1 unspecified atom stereocenters. The highest BCUT2D eigenvalue weighted by atomic mass is 35.5. The minimum atomic E-state index is -0.590. The van der Waals surface area contributed by atoms with Crippen molar-refractivity contribution in [2.45, 2.75) is 39.8 Å². The van der Waals surface area contributed by atoms with Crippen LogP contribution in [0.15, 0.2) is 30.3 Å². The zero-order chi connectivity index (χ0) is 17.1. The van der Waals surface area contributed by atoms with Crippen molar-refractivity contribution in [1.29, 1.82) is 0 Å². The summed E-state index contributed by atoms with van der Waals surface area (Å²) in [7, 11) is 0. The van der Waals surface area contributed by atoms with Crippen molar-refractivity contribution in [2.24, 2.45) is 0 Å². The predicted octanol–water partition coefficient (Wildman–Crippen LogP) is 3.07. The summed E-state index contributed by atoms with van der Waals surface area (Å²) in [6.45, 7) is 7.64. The third-order valence-electron chi connectivity index (χ3n) is 3.53. The molecule has 1 aromatic heterocycles. The van der Waals surface area contributed by atoms with Gasteiger partial charge in [-0.2, -0.15) is 5.10 Å². The summed E-state index contributed by atoms with van der Waals surface area (Å²) >= 11 is 6.21. The zero-order valence-corrected chi connectivity index (χ0v) is 14.6. The molecule has 0 fully saturated rings. The Morgan fingerprint density at radius 1 is 1.35 bits per heavy atom. The molecule has 2 rings (SSSR count). The highest BCUT2D eigenvalue weighted by Crippen LogP contribution is 2.21. The summed E-state index contributed by atoms with van der Waals surface area (Å²) < 4.78 is 1.66. The molecule has 1 atom stereocenters. The van der Waals surface area contributed by atoms with Gasteiger partial charge in [-0.15, -0.1) is 0 Å². The van der Waals surface area contributed by atoms with Crippen LogP contribution in [0.5, 0.6) is 0 Å². The van der Waals surface area contributed by atoms with Gasteiger partial charge in [-0.25, -0.2) is 4.68 Å². The van der Waals surface area contributed by atoms with Crippen LogP contribution in [0.4, 0.5) is 0 Å². The van der Waals surface area contributed by atoms with Crippen LogP contribution in [0, 0.1) is 6.92 Å². The molecule has 124 valence electrons. The van der Waals surface area contributed by atoms with E-state index in [1.54, 1.807) is 28.6 Å². The first-order chi connectivity index (χ1) is 10.8. The molecule has 0 saturated carbocycles. The SMILES string of the molecule is Cc1cc(C(=O)N(CC(C)O)C(C)C)nn1-c1ccccc1Cl. The summed E-state index contributed by atoms with van der Waals surface area (Å²) in [5, 5.41) is 14.6. The number of aliphatic hydroxyl groups excluding tert-OH is 1. The number of aromatic nitrogens is 2. The number of aliphatic hydroxyl groups is 1. The zero-order valence-electron chi connectivity index (χ0n) is 13.8. The van der Waals surface area contributed by atoms with Crippen molar-refractivity contribution in [3.63, 3.8) is 0 Å². The maximum atomic E-state index is 12.7. The van der Waals surface area contributed by atoms with E-state index in [9.17, 15) is 9.90 Å². The molecule has 0 saturated heterocycles. The van der Waals surface area contributed by atoms with Gasteiger partial charge in [0.1, 0.15) is 0 Å². The van der Waals surface area contributed by atoms with Crippen molar-refractivity contribution in [1.82, 2.24) is 14.7 Å². The number of benzene rings is 1. The van der Waals surface area contributed by atoms with E-state index in [4.69, 9.17) is 11.6 Å². The lowest BCUT2D eigenvalue weighted by atomic mass is 10.2. The Bertz CT molecular complexity index is 695. The van der Waals surface area contributed by atoms with E-state index in [-0.39, 0.29) is 18.5 Å². The lowest BCUT2D eigenvalue weighted by molar-refractivity contribution is 0.0572. The normalized spacial score (nSPS) is 12.5. The van der Waals surface area contributed by atoms with Gasteiger partial charge in [0.15, 0.2) is 5.69 Å². The molecule has 0 spiro atoms. The molecule has 0 bridgehead atoms. The lowest BCUT2D eigenvalue weighted by Crippen LogP contribution is -2.41. The van der Waals surface area contributed by atoms with Gasteiger partial charge in [-0.1, -0.05) is 23.7 Å². The first kappa shape index (κ1) is 17.5. The van der Waals surface area contributed by atoms with Crippen LogP contribution in [0.3, 0.4) is 0 Å². The van der Waals surface area contributed by atoms with Crippen LogP contribution in [0.1, 0.15) is 37.0 Å². The number of para-hydroxylation sites is 1. The molecule has 0 radical (unpaired) electrons. The van der Waals surface area contributed by atoms with E-state index in [2.05, 4.69) is 5.10 Å². The van der Waals surface area contributed by atoms with Crippen molar-refractivity contribution < 1.29 is 9.90 Å². The van der Waals surface area contributed by atoms with Crippen molar-refractivity contribution in [3.05, 3.63) is 46.7 Å². The Balaban J connectivity index is 2.36. The van der Waals surface area contributed by atoms with Crippen molar-refractivity contribution in [2.75, 3.05) is 6.54 Å². The van der Waals surface area contributed by atoms with Gasteiger partial charge in [-0.05, 0) is 45.9 Å². The van der Waals surface area contributed by atoms with Gasteiger partial charge in [-0.3, -0.25) is 4.79 Å². The number of hydrogen-bond donors (Lipinski definition) is 1. The maximum Gasteiger partial charge on any atom is 0.274 e. The van der Waals surface area contributed by atoms with Gasteiger partial charge in [0.05, 0.1) is 16.8 Å². The smallest absolute Gasteiger partial charge is 0.274 e. The molecule has 1 aromatic carbocycles. The summed E-state index contributed by atoms with van der Waals surface area (Å²) in [5.74, 6) is -0.199. The molecule has 0 aliphatic carbocycles. The van der Waals surface area contributed by atoms with Crippen molar-refractivity contribution in [3.8, 4) is 5.69 Å². The van der Waals surface area contributed by atoms with Crippen LogP contribution in [-0.4, -0.2) is 44.4 Å². The minimum absolute atomic E-state index is 0.0251. The summed E-state index contributed by atoms with van der Waals surface area (Å²) in [4.78, 5) is 14.3. The molecule has 0 aliphatic heterocycles. The van der Waals surface area contributed by atoms with Crippen LogP contribution in [0.2, 0.25) is 5.02 Å². The second-order valence-electron chi connectivity index (χ2n) is 5.93. The predicted molar refractivity (Wildman–Crippen MR) is 91.2 cm³/mol. The van der Waals surface area contributed by atoms with Gasteiger partial charge < -0.3 is 10.0 Å². The summed E-state index contributed by atoms with van der Waals surface area (Å²) in [6.07, 6.45) is -0.590. The van der Waals surface area contributed by atoms with Crippen LogP contribution in [-0.2, 0) is 0 Å². The Kier molecular flexibility index (Phi) is 5.44. The Morgan fingerprint density at radius 2 is 2.00 bits per heavy atom. The highest BCUT2D eigenvalue weighted by Gasteiger charge is 2.23. The maximum absolute atomic E-state index is 12.7. The van der Waals surface area contributed by atoms with Gasteiger partial charge >= 0.3 is 0 Å². The molecule has 23 heavy (non-hydrogen) atoms. The van der Waals surface area contributed by atoms with Crippen LogP contribution < -0.4 is 0 Å². The molecule has 5 nitrogen and oxygen atoms in total. The number of halogens is 1. The Hall–Kier alpha value is -1.85. The molecule has 1 heterocycles. The number of aryl methyl sites for hydroxylation is 1. The summed E-state index contributed by atoms with van der Waals surface area (Å²) in [5.41, 5.74) is 1.90. The quantitative estimate of drug-likeness (QED) is 0.913. The highest BCUT2D eigenvalue weighted by molar-refractivity contribution is 6.32. The van der Waals surface area contributed by atoms with E-state index in [0.29, 0.717) is 10.7 Å². The van der Waals surface area contributed by atoms with Crippen LogP contribution >= 0.6 is 11.6 Å². The third kappa shape index (κ3) is 3.92. The number of carbonyl (C=O) groups excluding carboxylic acids is 1.